The molecule has 1 aromatic heterocycles. The fraction of sp³-hybridized carbons (Fsp3) is 0.667. The van der Waals surface area contributed by atoms with Crippen LogP contribution in [-0.2, 0) is 4.74 Å². The number of aromatic nitrogens is 2. The summed E-state index contributed by atoms with van der Waals surface area (Å²) in [5, 5.41) is 0. The van der Waals surface area contributed by atoms with Crippen LogP contribution >= 0.6 is 0 Å². The second kappa shape index (κ2) is 5.37. The van der Waals surface area contributed by atoms with Gasteiger partial charge in [0.25, 0.3) is 0 Å². The van der Waals surface area contributed by atoms with Gasteiger partial charge in [0.1, 0.15) is 12.0 Å². The molecule has 1 saturated heterocycles. The molecule has 0 radical (unpaired) electrons. The number of ether oxygens (including phenoxy) is 1. The zero-order valence-corrected chi connectivity index (χ0v) is 11.2. The molecule has 1 aliphatic carbocycles. The Morgan fingerprint density at radius 2 is 2.16 bits per heavy atom. The molecular weight excluding hydrogens is 240 g/mol. The zero-order chi connectivity index (χ0) is 13.1. The normalized spacial score (nSPS) is 26.2. The molecule has 1 spiro atoms. The van der Waals surface area contributed by atoms with Crippen LogP contribution in [0.4, 0.5) is 0 Å². The second-order valence-electron chi connectivity index (χ2n) is 5.74. The first kappa shape index (κ1) is 12.7. The minimum atomic E-state index is -0.0240. The first-order valence-electron chi connectivity index (χ1n) is 7.23. The van der Waals surface area contributed by atoms with E-state index in [4.69, 9.17) is 4.74 Å². The lowest BCUT2D eigenvalue weighted by molar-refractivity contribution is -0.111. The van der Waals surface area contributed by atoms with Crippen LogP contribution in [-0.4, -0.2) is 28.0 Å². The number of rotatable bonds is 2. The summed E-state index contributed by atoms with van der Waals surface area (Å²) in [5.74, 6) is 0.234. The molecule has 0 aromatic carbocycles. The number of Topliss-reactive ketones (excluding diaryl/α,β-unsaturated/α-hetero) is 1. The Morgan fingerprint density at radius 1 is 1.32 bits per heavy atom. The maximum absolute atomic E-state index is 12.5. The van der Waals surface area contributed by atoms with E-state index >= 15 is 0 Å². The molecule has 3 rings (SSSR count). The molecule has 1 unspecified atom stereocenters. The highest BCUT2D eigenvalue weighted by molar-refractivity contribution is 5.96. The summed E-state index contributed by atoms with van der Waals surface area (Å²) in [6.07, 6.45) is 10.8. The van der Waals surface area contributed by atoms with E-state index in [0.29, 0.717) is 12.3 Å². The Labute approximate surface area is 113 Å². The lowest BCUT2D eigenvalue weighted by Gasteiger charge is -2.43. The summed E-state index contributed by atoms with van der Waals surface area (Å²) in [5.41, 5.74) is 0.525. The van der Waals surface area contributed by atoms with Crippen molar-refractivity contribution >= 4 is 5.78 Å². The van der Waals surface area contributed by atoms with Crippen molar-refractivity contribution in [3.8, 4) is 0 Å². The standard InChI is InChI=1S/C15H20N2O2/c18-14(13-4-8-16-11-17-13)12-5-9-19-15(10-12)6-2-1-3-7-15/h4,8,11-12H,1-3,5-7,9-10H2. The van der Waals surface area contributed by atoms with Gasteiger partial charge < -0.3 is 4.74 Å². The van der Waals surface area contributed by atoms with Gasteiger partial charge in [-0.15, -0.1) is 0 Å². The molecule has 0 bridgehead atoms. The molecule has 19 heavy (non-hydrogen) atoms. The second-order valence-corrected chi connectivity index (χ2v) is 5.74. The smallest absolute Gasteiger partial charge is 0.184 e. The highest BCUT2D eigenvalue weighted by atomic mass is 16.5. The maximum atomic E-state index is 12.5. The van der Waals surface area contributed by atoms with E-state index in [1.54, 1.807) is 12.3 Å². The van der Waals surface area contributed by atoms with Crippen molar-refractivity contribution in [1.82, 2.24) is 9.97 Å². The third-order valence-corrected chi connectivity index (χ3v) is 4.46. The molecule has 2 aliphatic rings. The van der Waals surface area contributed by atoms with E-state index in [2.05, 4.69) is 9.97 Å². The van der Waals surface area contributed by atoms with Crippen molar-refractivity contribution in [3.63, 3.8) is 0 Å². The van der Waals surface area contributed by atoms with Crippen LogP contribution in [0.5, 0.6) is 0 Å². The summed E-state index contributed by atoms with van der Waals surface area (Å²) >= 11 is 0. The molecule has 1 saturated carbocycles. The molecule has 4 heteroatoms. The SMILES string of the molecule is O=C(c1ccncn1)C1CCOC2(CCCCC2)C1. The molecule has 102 valence electrons. The van der Waals surface area contributed by atoms with Crippen LogP contribution in [0.1, 0.15) is 55.4 Å². The number of ketones is 1. The molecule has 1 aromatic rings. The van der Waals surface area contributed by atoms with E-state index in [1.165, 1.54) is 25.6 Å². The van der Waals surface area contributed by atoms with E-state index < -0.39 is 0 Å². The predicted molar refractivity (Wildman–Crippen MR) is 70.9 cm³/mol. The molecule has 0 N–H and O–H groups in total. The van der Waals surface area contributed by atoms with Gasteiger partial charge in [-0.25, -0.2) is 9.97 Å². The third-order valence-electron chi connectivity index (χ3n) is 4.46. The molecule has 0 amide bonds. The molecule has 1 atom stereocenters. The highest BCUT2D eigenvalue weighted by Gasteiger charge is 2.40. The number of carbonyl (C=O) groups is 1. The molecule has 4 nitrogen and oxygen atoms in total. The highest BCUT2D eigenvalue weighted by Crippen LogP contribution is 2.41. The fourth-order valence-corrected chi connectivity index (χ4v) is 3.44. The third kappa shape index (κ3) is 2.68. The first-order valence-corrected chi connectivity index (χ1v) is 7.23. The monoisotopic (exact) mass is 260 g/mol. The van der Waals surface area contributed by atoms with Crippen LogP contribution in [0.3, 0.4) is 0 Å². The fourth-order valence-electron chi connectivity index (χ4n) is 3.44. The Kier molecular flexibility index (Phi) is 3.60. The number of hydrogen-bond acceptors (Lipinski definition) is 4. The van der Waals surface area contributed by atoms with E-state index in [-0.39, 0.29) is 17.3 Å². The van der Waals surface area contributed by atoms with Crippen molar-refractivity contribution in [2.24, 2.45) is 5.92 Å². The average molecular weight is 260 g/mol. The van der Waals surface area contributed by atoms with Gasteiger partial charge in [-0.1, -0.05) is 19.3 Å². The van der Waals surface area contributed by atoms with Gasteiger partial charge in [0, 0.05) is 18.7 Å². The largest absolute Gasteiger partial charge is 0.375 e. The lowest BCUT2D eigenvalue weighted by atomic mass is 9.74. The van der Waals surface area contributed by atoms with Crippen molar-refractivity contribution in [2.75, 3.05) is 6.61 Å². The van der Waals surface area contributed by atoms with Gasteiger partial charge in [-0.05, 0) is 31.7 Å². The Morgan fingerprint density at radius 3 is 2.89 bits per heavy atom. The Bertz CT molecular complexity index is 435. The Hall–Kier alpha value is -1.29. The Balaban J connectivity index is 1.73. The molecule has 2 heterocycles. The van der Waals surface area contributed by atoms with Crippen molar-refractivity contribution in [1.29, 1.82) is 0 Å². The minimum Gasteiger partial charge on any atom is -0.375 e. The van der Waals surface area contributed by atoms with E-state index in [1.807, 2.05) is 0 Å². The summed E-state index contributed by atoms with van der Waals surface area (Å²) in [6.45, 7) is 0.710. The molecule has 1 aliphatic heterocycles. The van der Waals surface area contributed by atoms with Crippen LogP contribution in [0.25, 0.3) is 0 Å². The van der Waals surface area contributed by atoms with Crippen molar-refractivity contribution in [3.05, 3.63) is 24.3 Å². The van der Waals surface area contributed by atoms with E-state index in [0.717, 1.165) is 25.7 Å². The number of nitrogens with zero attached hydrogens (tertiary/aromatic N) is 2. The number of carbonyl (C=O) groups excluding carboxylic acids is 1. The predicted octanol–water partition coefficient (Wildman–Crippen LogP) is 2.79. The van der Waals surface area contributed by atoms with Gasteiger partial charge in [-0.2, -0.15) is 0 Å². The van der Waals surface area contributed by atoms with Gasteiger partial charge >= 0.3 is 0 Å². The van der Waals surface area contributed by atoms with Gasteiger partial charge in [-0.3, -0.25) is 4.79 Å². The van der Waals surface area contributed by atoms with E-state index in [9.17, 15) is 4.79 Å². The molecular formula is C15H20N2O2. The van der Waals surface area contributed by atoms with Crippen LogP contribution < -0.4 is 0 Å². The summed E-state index contributed by atoms with van der Waals surface area (Å²) in [7, 11) is 0. The quantitative estimate of drug-likeness (QED) is 0.767. The van der Waals surface area contributed by atoms with Gasteiger partial charge in [0.15, 0.2) is 5.78 Å². The first-order chi connectivity index (χ1) is 9.29. The average Bonchev–Trinajstić information content (AvgIpc) is 2.48. The van der Waals surface area contributed by atoms with Crippen LogP contribution in [0, 0.1) is 5.92 Å². The molecule has 2 fully saturated rings. The van der Waals surface area contributed by atoms with Crippen LogP contribution in [0.2, 0.25) is 0 Å². The minimum absolute atomic E-state index is 0.0240. The summed E-state index contributed by atoms with van der Waals surface area (Å²) in [6, 6.07) is 1.71. The van der Waals surface area contributed by atoms with Crippen LogP contribution in [0.15, 0.2) is 18.6 Å². The van der Waals surface area contributed by atoms with Gasteiger partial charge in [0.2, 0.25) is 0 Å². The van der Waals surface area contributed by atoms with Crippen molar-refractivity contribution in [2.45, 2.75) is 50.5 Å². The van der Waals surface area contributed by atoms with Gasteiger partial charge in [0.05, 0.1) is 5.60 Å². The zero-order valence-electron chi connectivity index (χ0n) is 11.2. The summed E-state index contributed by atoms with van der Waals surface area (Å²) in [4.78, 5) is 20.4. The maximum Gasteiger partial charge on any atom is 0.184 e. The van der Waals surface area contributed by atoms with Crippen molar-refractivity contribution < 1.29 is 9.53 Å². The lowest BCUT2D eigenvalue weighted by Crippen LogP contribution is -2.43. The topological polar surface area (TPSA) is 52.1 Å². The summed E-state index contributed by atoms with van der Waals surface area (Å²) < 4.78 is 6.04. The number of hydrogen-bond donors (Lipinski definition) is 0.